The Morgan fingerprint density at radius 2 is 1.93 bits per heavy atom. The molecule has 5 nitrogen and oxygen atoms in total. The first-order valence-corrected chi connectivity index (χ1v) is 10.6. The van der Waals surface area contributed by atoms with E-state index in [9.17, 15) is 4.79 Å². The van der Waals surface area contributed by atoms with Crippen molar-refractivity contribution in [1.82, 2.24) is 4.90 Å². The monoisotopic (exact) mass is 399 g/mol. The van der Waals surface area contributed by atoms with Crippen LogP contribution in [0.1, 0.15) is 41.2 Å². The number of aliphatic hydroxyl groups excluding tert-OH is 1. The number of ether oxygens (including phenoxy) is 2. The minimum atomic E-state index is -0.462. The summed E-state index contributed by atoms with van der Waals surface area (Å²) in [6, 6.07) is 11.8. The Hall–Kier alpha value is -2.15. The van der Waals surface area contributed by atoms with E-state index in [2.05, 4.69) is 11.4 Å². The summed E-state index contributed by atoms with van der Waals surface area (Å²) in [6.07, 6.45) is 4.29. The Kier molecular flexibility index (Phi) is 6.10. The summed E-state index contributed by atoms with van der Waals surface area (Å²) >= 11 is 1.69. The van der Waals surface area contributed by atoms with Gasteiger partial charge in [-0.25, -0.2) is 0 Å². The van der Waals surface area contributed by atoms with Crippen LogP contribution in [0.2, 0.25) is 0 Å². The maximum absolute atomic E-state index is 12.9. The van der Waals surface area contributed by atoms with Crippen molar-refractivity contribution < 1.29 is 19.4 Å². The maximum Gasteiger partial charge on any atom is 0.288 e. The summed E-state index contributed by atoms with van der Waals surface area (Å²) in [5.41, 5.74) is 1.88. The van der Waals surface area contributed by atoms with E-state index >= 15 is 0 Å². The van der Waals surface area contributed by atoms with E-state index in [-0.39, 0.29) is 18.4 Å². The Balaban J connectivity index is 1.46. The van der Waals surface area contributed by atoms with Gasteiger partial charge in [0.1, 0.15) is 0 Å². The summed E-state index contributed by atoms with van der Waals surface area (Å²) in [7, 11) is 0. The van der Waals surface area contributed by atoms with Gasteiger partial charge in [-0.05, 0) is 41.5 Å². The van der Waals surface area contributed by atoms with E-state index < -0.39 is 6.29 Å². The molecule has 0 saturated carbocycles. The molecule has 28 heavy (non-hydrogen) atoms. The molecule has 0 unspecified atom stereocenters. The molecule has 1 N–H and O–H groups in total. The van der Waals surface area contributed by atoms with Gasteiger partial charge in [0, 0.05) is 30.3 Å². The van der Waals surface area contributed by atoms with Crippen LogP contribution >= 0.6 is 11.3 Å². The number of allylic oxidation sites excluding steroid dienone is 1. The number of aliphatic hydroxyl groups is 1. The van der Waals surface area contributed by atoms with Gasteiger partial charge in [0.15, 0.2) is 5.76 Å². The second kappa shape index (κ2) is 8.90. The number of thiophene rings is 1. The topological polar surface area (TPSA) is 59.0 Å². The summed E-state index contributed by atoms with van der Waals surface area (Å²) in [6.45, 7) is 2.03. The molecule has 0 radical (unpaired) electrons. The third-order valence-electron chi connectivity index (χ3n) is 5.21. The predicted molar refractivity (Wildman–Crippen MR) is 108 cm³/mol. The van der Waals surface area contributed by atoms with Gasteiger partial charge in [-0.3, -0.25) is 4.79 Å². The normalized spacial score (nSPS) is 22.0. The van der Waals surface area contributed by atoms with Gasteiger partial charge in [-0.1, -0.05) is 30.3 Å². The van der Waals surface area contributed by atoms with E-state index in [0.717, 1.165) is 37.1 Å². The van der Waals surface area contributed by atoms with Crippen LogP contribution in [0.5, 0.6) is 0 Å². The van der Waals surface area contributed by atoms with Crippen molar-refractivity contribution in [3.05, 3.63) is 69.6 Å². The molecule has 4 rings (SSSR count). The fourth-order valence-corrected chi connectivity index (χ4v) is 4.43. The molecule has 0 aliphatic carbocycles. The molecule has 2 atom stereocenters. The molecule has 0 spiro atoms. The Labute approximate surface area is 169 Å². The van der Waals surface area contributed by atoms with Crippen LogP contribution in [-0.2, 0) is 27.5 Å². The van der Waals surface area contributed by atoms with Gasteiger partial charge >= 0.3 is 0 Å². The molecule has 2 aromatic rings. The lowest BCUT2D eigenvalue weighted by Crippen LogP contribution is -2.34. The third kappa shape index (κ3) is 4.46. The first-order valence-electron chi connectivity index (χ1n) is 9.74. The van der Waals surface area contributed by atoms with E-state index in [0.29, 0.717) is 18.8 Å². The summed E-state index contributed by atoms with van der Waals surface area (Å²) in [5.74, 6) is 0.504. The minimum absolute atomic E-state index is 0.0281. The number of carbonyl (C=O) groups excluding carboxylic acids is 1. The fraction of sp³-hybridized carbons (Fsp3) is 0.409. The fourth-order valence-electron chi connectivity index (χ4n) is 3.62. The van der Waals surface area contributed by atoms with Crippen molar-refractivity contribution in [2.45, 2.75) is 44.7 Å². The van der Waals surface area contributed by atoms with Crippen LogP contribution in [0.25, 0.3) is 0 Å². The molecule has 2 aliphatic rings. The summed E-state index contributed by atoms with van der Waals surface area (Å²) in [5, 5.41) is 11.2. The lowest BCUT2D eigenvalue weighted by atomic mass is 9.99. The smallest absolute Gasteiger partial charge is 0.288 e. The first kappa shape index (κ1) is 19.2. The molecular weight excluding hydrogens is 374 g/mol. The van der Waals surface area contributed by atoms with Gasteiger partial charge < -0.3 is 19.5 Å². The van der Waals surface area contributed by atoms with E-state index in [1.165, 1.54) is 4.88 Å². The number of hydrogen-bond donors (Lipinski definition) is 1. The molecule has 148 valence electrons. The Bertz CT molecular complexity index is 810. The average molecular weight is 400 g/mol. The largest absolute Gasteiger partial charge is 0.459 e. The van der Waals surface area contributed by atoms with Crippen molar-refractivity contribution in [3.8, 4) is 0 Å². The van der Waals surface area contributed by atoms with Gasteiger partial charge in [-0.15, -0.1) is 11.3 Å². The number of likely N-dealkylation sites (tertiary alicyclic amines) is 1. The Morgan fingerprint density at radius 1 is 1.18 bits per heavy atom. The van der Waals surface area contributed by atoms with Crippen LogP contribution in [0.3, 0.4) is 0 Å². The molecule has 1 aromatic carbocycles. The molecule has 1 fully saturated rings. The van der Waals surface area contributed by atoms with E-state index in [4.69, 9.17) is 14.6 Å². The number of carbonyl (C=O) groups is 1. The number of rotatable bonds is 6. The zero-order chi connectivity index (χ0) is 19.3. The highest BCUT2D eigenvalue weighted by molar-refractivity contribution is 7.10. The lowest BCUT2D eigenvalue weighted by Gasteiger charge is -2.30. The lowest BCUT2D eigenvalue weighted by molar-refractivity contribution is -0.155. The third-order valence-corrected chi connectivity index (χ3v) is 6.22. The number of nitrogens with zero attached hydrogens (tertiary/aromatic N) is 1. The number of hydrogen-bond acceptors (Lipinski definition) is 5. The second-order valence-electron chi connectivity index (χ2n) is 7.22. The standard InChI is InChI=1S/C22H25NO4S/c24-14-16-5-7-17(8-6-16)15-26-21-13-18(20-4-3-11-28-20)12-19(27-21)22(25)23-9-1-2-10-23/h3-8,11-12,18,21,24H,1-2,9-10,13-15H2/t18-,21+/m1/s1. The van der Waals surface area contributed by atoms with Gasteiger partial charge in [0.25, 0.3) is 5.91 Å². The van der Waals surface area contributed by atoms with Crippen LogP contribution in [-0.4, -0.2) is 35.3 Å². The summed E-state index contributed by atoms with van der Waals surface area (Å²) < 4.78 is 12.0. The summed E-state index contributed by atoms with van der Waals surface area (Å²) in [4.78, 5) is 15.9. The van der Waals surface area contributed by atoms with Gasteiger partial charge in [-0.2, -0.15) is 0 Å². The predicted octanol–water partition coefficient (Wildman–Crippen LogP) is 3.79. The molecule has 0 bridgehead atoms. The molecular formula is C22H25NO4S. The number of benzene rings is 1. The minimum Gasteiger partial charge on any atom is -0.459 e. The SMILES string of the molecule is O=C(C1=C[C@@H](c2cccs2)C[C@@H](OCc2ccc(CO)cc2)O1)N1CCCC1. The zero-order valence-corrected chi connectivity index (χ0v) is 16.6. The Morgan fingerprint density at radius 3 is 2.61 bits per heavy atom. The van der Waals surface area contributed by atoms with Crippen LogP contribution in [0.15, 0.2) is 53.6 Å². The van der Waals surface area contributed by atoms with Crippen LogP contribution in [0, 0.1) is 0 Å². The first-order chi connectivity index (χ1) is 13.7. The maximum atomic E-state index is 12.9. The molecule has 2 aliphatic heterocycles. The van der Waals surface area contributed by atoms with Crippen LogP contribution in [0.4, 0.5) is 0 Å². The van der Waals surface area contributed by atoms with Crippen molar-refractivity contribution in [2.24, 2.45) is 0 Å². The van der Waals surface area contributed by atoms with Gasteiger partial charge in [0.2, 0.25) is 6.29 Å². The van der Waals surface area contributed by atoms with E-state index in [1.807, 2.05) is 41.3 Å². The van der Waals surface area contributed by atoms with Crippen molar-refractivity contribution in [2.75, 3.05) is 13.1 Å². The molecule has 1 saturated heterocycles. The zero-order valence-electron chi connectivity index (χ0n) is 15.8. The molecule has 3 heterocycles. The van der Waals surface area contributed by atoms with Crippen molar-refractivity contribution in [3.63, 3.8) is 0 Å². The second-order valence-corrected chi connectivity index (χ2v) is 8.20. The van der Waals surface area contributed by atoms with Crippen molar-refractivity contribution >= 4 is 17.2 Å². The van der Waals surface area contributed by atoms with Gasteiger partial charge in [0.05, 0.1) is 13.2 Å². The molecule has 1 amide bonds. The van der Waals surface area contributed by atoms with Crippen molar-refractivity contribution in [1.29, 1.82) is 0 Å². The van der Waals surface area contributed by atoms with Crippen LogP contribution < -0.4 is 0 Å². The molecule has 6 heteroatoms. The quantitative estimate of drug-likeness (QED) is 0.803. The molecule has 1 aromatic heterocycles. The number of amides is 1. The highest BCUT2D eigenvalue weighted by Crippen LogP contribution is 2.34. The highest BCUT2D eigenvalue weighted by Gasteiger charge is 2.32. The average Bonchev–Trinajstić information content (AvgIpc) is 3.46. The highest BCUT2D eigenvalue weighted by atomic mass is 32.1. The van der Waals surface area contributed by atoms with E-state index in [1.54, 1.807) is 11.3 Å².